The Kier molecular flexibility index (Phi) is 7.35. The topological polar surface area (TPSA) is 96.0 Å². The second-order valence-electron chi connectivity index (χ2n) is 7.49. The van der Waals surface area contributed by atoms with Gasteiger partial charge in [0, 0.05) is 23.6 Å². The number of esters is 1. The van der Waals surface area contributed by atoms with Gasteiger partial charge >= 0.3 is 5.97 Å². The van der Waals surface area contributed by atoms with Crippen molar-refractivity contribution < 1.29 is 28.5 Å². The number of ether oxygens (including phenoxy) is 4. The fourth-order valence-electron chi connectivity index (χ4n) is 3.72. The summed E-state index contributed by atoms with van der Waals surface area (Å²) in [6.45, 7) is 4.11. The first kappa shape index (κ1) is 23.1. The minimum atomic E-state index is -0.380. The molecule has 0 spiro atoms. The average molecular weight is 440 g/mol. The lowest BCUT2D eigenvalue weighted by Gasteiger charge is -2.18. The molecule has 0 saturated heterocycles. The zero-order valence-electron chi connectivity index (χ0n) is 19.0. The van der Waals surface area contributed by atoms with Gasteiger partial charge in [0.2, 0.25) is 11.8 Å². The standard InChI is InChI=1S/C24H28N2O6/c1-14(7-10-19(27)26-16-8-11-20(29-3)25-12-16)6-9-17-22(30-4)15(2)18-13-32-24(28)21(18)23(17)31-5/h6,8,11-12H,7,9-10,13H2,1-5H3,(H,26,27). The van der Waals surface area contributed by atoms with E-state index in [2.05, 4.69) is 10.3 Å². The van der Waals surface area contributed by atoms with Gasteiger partial charge in [-0.05, 0) is 38.3 Å². The Hall–Kier alpha value is -3.55. The molecule has 0 atom stereocenters. The lowest BCUT2D eigenvalue weighted by atomic mass is 9.94. The van der Waals surface area contributed by atoms with E-state index in [1.54, 1.807) is 25.4 Å². The maximum Gasteiger partial charge on any atom is 0.342 e. The lowest BCUT2D eigenvalue weighted by molar-refractivity contribution is -0.116. The molecular weight excluding hydrogens is 412 g/mol. The summed E-state index contributed by atoms with van der Waals surface area (Å²) < 4.78 is 21.4. The Morgan fingerprint density at radius 1 is 1.16 bits per heavy atom. The Morgan fingerprint density at radius 2 is 1.91 bits per heavy atom. The number of nitrogens with zero attached hydrogens (tertiary/aromatic N) is 1. The lowest BCUT2D eigenvalue weighted by Crippen LogP contribution is -2.11. The zero-order valence-corrected chi connectivity index (χ0v) is 19.0. The minimum absolute atomic E-state index is 0.101. The molecule has 2 heterocycles. The minimum Gasteiger partial charge on any atom is -0.496 e. The molecule has 3 rings (SSSR count). The van der Waals surface area contributed by atoms with Crippen molar-refractivity contribution >= 4 is 17.6 Å². The number of carbonyl (C=O) groups excluding carboxylic acids is 2. The highest BCUT2D eigenvalue weighted by molar-refractivity contribution is 5.98. The molecule has 8 nitrogen and oxygen atoms in total. The predicted molar refractivity (Wildman–Crippen MR) is 120 cm³/mol. The number of anilines is 1. The van der Waals surface area contributed by atoms with Gasteiger partial charge in [0.1, 0.15) is 23.7 Å². The normalized spacial score (nSPS) is 12.8. The van der Waals surface area contributed by atoms with Crippen molar-refractivity contribution in [3.8, 4) is 17.4 Å². The maximum absolute atomic E-state index is 12.3. The van der Waals surface area contributed by atoms with Crippen LogP contribution in [-0.4, -0.2) is 38.2 Å². The number of aromatic nitrogens is 1. The molecule has 2 aromatic rings. The van der Waals surface area contributed by atoms with Crippen LogP contribution in [0.2, 0.25) is 0 Å². The van der Waals surface area contributed by atoms with Crippen molar-refractivity contribution in [2.45, 2.75) is 39.7 Å². The third kappa shape index (κ3) is 4.85. The van der Waals surface area contributed by atoms with Crippen molar-refractivity contribution in [2.24, 2.45) is 0 Å². The largest absolute Gasteiger partial charge is 0.496 e. The van der Waals surface area contributed by atoms with Crippen LogP contribution in [-0.2, 0) is 22.6 Å². The number of amides is 1. The van der Waals surface area contributed by atoms with Crippen LogP contribution in [0.5, 0.6) is 17.4 Å². The van der Waals surface area contributed by atoms with E-state index in [0.29, 0.717) is 47.9 Å². The molecule has 0 saturated carbocycles. The fourth-order valence-corrected chi connectivity index (χ4v) is 3.72. The van der Waals surface area contributed by atoms with E-state index < -0.39 is 0 Å². The Balaban J connectivity index is 1.69. The molecule has 8 heteroatoms. The highest BCUT2D eigenvalue weighted by Gasteiger charge is 2.32. The van der Waals surface area contributed by atoms with E-state index in [9.17, 15) is 9.59 Å². The molecule has 32 heavy (non-hydrogen) atoms. The molecule has 1 aromatic heterocycles. The molecule has 0 unspecified atom stereocenters. The molecule has 170 valence electrons. The van der Waals surface area contributed by atoms with E-state index in [-0.39, 0.29) is 18.5 Å². The van der Waals surface area contributed by atoms with Gasteiger partial charge < -0.3 is 24.3 Å². The first-order valence-corrected chi connectivity index (χ1v) is 10.3. The Labute approximate surface area is 187 Å². The summed E-state index contributed by atoms with van der Waals surface area (Å²) in [4.78, 5) is 28.6. The van der Waals surface area contributed by atoms with Gasteiger partial charge in [0.25, 0.3) is 0 Å². The molecule has 1 amide bonds. The van der Waals surface area contributed by atoms with E-state index in [0.717, 1.165) is 22.3 Å². The number of benzene rings is 1. The second kappa shape index (κ2) is 10.2. The van der Waals surface area contributed by atoms with E-state index >= 15 is 0 Å². The van der Waals surface area contributed by atoms with Crippen LogP contribution >= 0.6 is 0 Å². The molecule has 1 aliphatic rings. The quantitative estimate of drug-likeness (QED) is 0.465. The number of methoxy groups -OCH3 is 3. The third-order valence-corrected chi connectivity index (χ3v) is 5.46. The number of hydrogen-bond acceptors (Lipinski definition) is 7. The summed E-state index contributed by atoms with van der Waals surface area (Å²) in [7, 11) is 4.68. The van der Waals surface area contributed by atoms with Gasteiger partial charge in [0.05, 0.1) is 33.2 Å². The third-order valence-electron chi connectivity index (χ3n) is 5.46. The predicted octanol–water partition coefficient (Wildman–Crippen LogP) is 3.99. The number of nitrogens with one attached hydrogen (secondary N) is 1. The van der Waals surface area contributed by atoms with Crippen molar-refractivity contribution in [2.75, 3.05) is 26.6 Å². The van der Waals surface area contributed by atoms with Gasteiger partial charge in [-0.2, -0.15) is 0 Å². The summed E-state index contributed by atoms with van der Waals surface area (Å²) in [5.41, 5.74) is 4.60. The van der Waals surface area contributed by atoms with Crippen LogP contribution in [0.25, 0.3) is 0 Å². The Morgan fingerprint density at radius 3 is 2.53 bits per heavy atom. The van der Waals surface area contributed by atoms with Gasteiger partial charge in [-0.3, -0.25) is 4.79 Å². The van der Waals surface area contributed by atoms with Gasteiger partial charge in [-0.1, -0.05) is 11.6 Å². The van der Waals surface area contributed by atoms with Gasteiger partial charge in [-0.25, -0.2) is 9.78 Å². The first-order chi connectivity index (χ1) is 15.4. The highest BCUT2D eigenvalue weighted by atomic mass is 16.5. The van der Waals surface area contributed by atoms with Crippen molar-refractivity contribution in [3.05, 3.63) is 52.2 Å². The number of cyclic esters (lactones) is 1. The van der Waals surface area contributed by atoms with Gasteiger partial charge in [-0.15, -0.1) is 0 Å². The molecule has 0 fully saturated rings. The number of carbonyl (C=O) groups is 2. The smallest absolute Gasteiger partial charge is 0.342 e. The van der Waals surface area contributed by atoms with Crippen LogP contribution in [0.1, 0.15) is 46.8 Å². The molecule has 0 radical (unpaired) electrons. The number of pyridine rings is 1. The monoisotopic (exact) mass is 440 g/mol. The summed E-state index contributed by atoms with van der Waals surface area (Å²) in [5.74, 6) is 1.18. The number of allylic oxidation sites excluding steroid dienone is 2. The summed E-state index contributed by atoms with van der Waals surface area (Å²) in [6, 6.07) is 3.43. The van der Waals surface area contributed by atoms with E-state index in [1.807, 2.05) is 19.9 Å². The summed E-state index contributed by atoms with van der Waals surface area (Å²) >= 11 is 0. The molecular formula is C24H28N2O6. The van der Waals surface area contributed by atoms with E-state index in [4.69, 9.17) is 18.9 Å². The van der Waals surface area contributed by atoms with Crippen LogP contribution in [0.15, 0.2) is 30.0 Å². The molecule has 1 aromatic carbocycles. The number of hydrogen-bond donors (Lipinski definition) is 1. The molecule has 1 aliphatic heterocycles. The van der Waals surface area contributed by atoms with Crippen molar-refractivity contribution in [3.63, 3.8) is 0 Å². The highest BCUT2D eigenvalue weighted by Crippen LogP contribution is 2.42. The van der Waals surface area contributed by atoms with Crippen LogP contribution in [0.3, 0.4) is 0 Å². The maximum atomic E-state index is 12.3. The summed E-state index contributed by atoms with van der Waals surface area (Å²) in [5, 5.41) is 2.82. The first-order valence-electron chi connectivity index (χ1n) is 10.3. The zero-order chi connectivity index (χ0) is 23.3. The molecule has 1 N–H and O–H groups in total. The summed E-state index contributed by atoms with van der Waals surface area (Å²) in [6.07, 6.45) is 5.00. The van der Waals surface area contributed by atoms with Crippen molar-refractivity contribution in [1.29, 1.82) is 0 Å². The number of rotatable bonds is 9. The average Bonchev–Trinajstić information content (AvgIpc) is 3.18. The second-order valence-corrected chi connectivity index (χ2v) is 7.49. The molecule has 0 aliphatic carbocycles. The number of fused-ring (bicyclic) bond motifs is 1. The van der Waals surface area contributed by atoms with Crippen LogP contribution in [0, 0.1) is 6.92 Å². The van der Waals surface area contributed by atoms with E-state index in [1.165, 1.54) is 14.2 Å². The molecule has 0 bridgehead atoms. The van der Waals surface area contributed by atoms with Gasteiger partial charge in [0.15, 0.2) is 0 Å². The fraction of sp³-hybridized carbons (Fsp3) is 0.375. The van der Waals surface area contributed by atoms with Crippen LogP contribution < -0.4 is 19.5 Å². The Bertz CT molecular complexity index is 1040. The van der Waals surface area contributed by atoms with Crippen molar-refractivity contribution in [1.82, 2.24) is 4.98 Å². The SMILES string of the molecule is COc1ccc(NC(=O)CCC(C)=CCc2c(OC)c(C)c3c(c2OC)C(=O)OC3)cn1. The van der Waals surface area contributed by atoms with Crippen LogP contribution in [0.4, 0.5) is 5.69 Å².